The van der Waals surface area contributed by atoms with Crippen LogP contribution < -0.4 is 10.2 Å². The number of amides is 2. The van der Waals surface area contributed by atoms with Crippen molar-refractivity contribution in [3.63, 3.8) is 0 Å². The van der Waals surface area contributed by atoms with E-state index in [-0.39, 0.29) is 11.8 Å². The molecule has 7 heteroatoms. The number of thiazole rings is 1. The fourth-order valence-corrected chi connectivity index (χ4v) is 4.13. The van der Waals surface area contributed by atoms with Gasteiger partial charge in [-0.05, 0) is 30.7 Å². The Bertz CT molecular complexity index is 959. The summed E-state index contributed by atoms with van der Waals surface area (Å²) in [5, 5.41) is 5.82. The Morgan fingerprint density at radius 1 is 1.18 bits per heavy atom. The van der Waals surface area contributed by atoms with Gasteiger partial charge in [0.1, 0.15) is 11.0 Å². The van der Waals surface area contributed by atoms with Crippen LogP contribution >= 0.6 is 11.3 Å². The summed E-state index contributed by atoms with van der Waals surface area (Å²) in [7, 11) is 0. The average Bonchev–Trinajstić information content (AvgIpc) is 3.36. The van der Waals surface area contributed by atoms with Crippen LogP contribution in [0.1, 0.15) is 18.5 Å². The average molecular weight is 392 g/mol. The van der Waals surface area contributed by atoms with Crippen LogP contribution in [0.5, 0.6) is 0 Å². The van der Waals surface area contributed by atoms with Crippen LogP contribution in [0.15, 0.2) is 60.1 Å². The maximum Gasteiger partial charge on any atom is 0.243 e. The zero-order valence-electron chi connectivity index (χ0n) is 15.2. The van der Waals surface area contributed by atoms with Gasteiger partial charge in [-0.2, -0.15) is 0 Å². The summed E-state index contributed by atoms with van der Waals surface area (Å²) >= 11 is 1.55. The lowest BCUT2D eigenvalue weighted by molar-refractivity contribution is -0.123. The Balaban J connectivity index is 1.34. The van der Waals surface area contributed by atoms with Gasteiger partial charge in [0.2, 0.25) is 11.8 Å². The molecule has 6 nitrogen and oxygen atoms in total. The molecule has 0 radical (unpaired) electrons. The van der Waals surface area contributed by atoms with Crippen molar-refractivity contribution in [2.24, 2.45) is 0 Å². The quantitative estimate of drug-likeness (QED) is 0.700. The van der Waals surface area contributed by atoms with Gasteiger partial charge in [-0.1, -0.05) is 24.3 Å². The number of hydrogen-bond acceptors (Lipinski definition) is 5. The number of nitrogens with one attached hydrogen (secondary N) is 1. The van der Waals surface area contributed by atoms with Gasteiger partial charge in [0.25, 0.3) is 0 Å². The first kappa shape index (κ1) is 18.3. The van der Waals surface area contributed by atoms with Gasteiger partial charge in [-0.3, -0.25) is 19.5 Å². The number of anilines is 1. The predicted octanol–water partition coefficient (Wildman–Crippen LogP) is 3.06. The van der Waals surface area contributed by atoms with Crippen molar-refractivity contribution in [3.05, 3.63) is 65.8 Å². The molecule has 1 atom stereocenters. The highest BCUT2D eigenvalue weighted by molar-refractivity contribution is 7.13. The van der Waals surface area contributed by atoms with E-state index in [0.717, 1.165) is 22.1 Å². The standard InChI is InChI=1S/C21H20N4O2S/c26-19-10-9-18(25(19)16-6-2-1-3-7-16)20(27)23-13-11-15-14-28-21(24-15)17-8-4-5-12-22-17/h1-8,12,14,18H,9-11,13H2,(H,23,27). The second-order valence-electron chi connectivity index (χ2n) is 6.55. The van der Waals surface area contributed by atoms with E-state index in [9.17, 15) is 9.59 Å². The van der Waals surface area contributed by atoms with E-state index in [1.165, 1.54) is 0 Å². The SMILES string of the molecule is O=C(NCCc1csc(-c2ccccn2)n1)C1CCC(=O)N1c1ccccc1. The summed E-state index contributed by atoms with van der Waals surface area (Å²) in [5.41, 5.74) is 2.55. The van der Waals surface area contributed by atoms with Crippen molar-refractivity contribution in [1.29, 1.82) is 0 Å². The van der Waals surface area contributed by atoms with Crippen LogP contribution in [-0.2, 0) is 16.0 Å². The summed E-state index contributed by atoms with van der Waals surface area (Å²) in [5.74, 6) is -0.124. The van der Waals surface area contributed by atoms with Crippen LogP contribution in [0.4, 0.5) is 5.69 Å². The van der Waals surface area contributed by atoms with Crippen LogP contribution in [0.2, 0.25) is 0 Å². The van der Waals surface area contributed by atoms with Crippen molar-refractivity contribution in [2.75, 3.05) is 11.4 Å². The third-order valence-corrected chi connectivity index (χ3v) is 5.58. The second-order valence-corrected chi connectivity index (χ2v) is 7.41. The zero-order valence-corrected chi connectivity index (χ0v) is 16.1. The third-order valence-electron chi connectivity index (χ3n) is 4.67. The highest BCUT2D eigenvalue weighted by Crippen LogP contribution is 2.26. The molecule has 2 aromatic heterocycles. The van der Waals surface area contributed by atoms with Crippen LogP contribution in [0.3, 0.4) is 0 Å². The molecule has 0 aliphatic carbocycles. The molecular formula is C21H20N4O2S. The predicted molar refractivity (Wildman–Crippen MR) is 109 cm³/mol. The van der Waals surface area contributed by atoms with Gasteiger partial charge < -0.3 is 5.32 Å². The van der Waals surface area contributed by atoms with Gasteiger partial charge in [0, 0.05) is 36.7 Å². The minimum Gasteiger partial charge on any atom is -0.354 e. The molecule has 3 heterocycles. The second kappa shape index (κ2) is 8.31. The summed E-state index contributed by atoms with van der Waals surface area (Å²) < 4.78 is 0. The van der Waals surface area contributed by atoms with Gasteiger partial charge >= 0.3 is 0 Å². The molecule has 0 bridgehead atoms. The topological polar surface area (TPSA) is 75.2 Å². The molecule has 1 unspecified atom stereocenters. The smallest absolute Gasteiger partial charge is 0.243 e. The molecule has 0 saturated carbocycles. The fraction of sp³-hybridized carbons (Fsp3) is 0.238. The molecule has 1 aliphatic heterocycles. The lowest BCUT2D eigenvalue weighted by Gasteiger charge is -2.24. The number of pyridine rings is 1. The van der Waals surface area contributed by atoms with E-state index in [2.05, 4.69) is 15.3 Å². The fourth-order valence-electron chi connectivity index (χ4n) is 3.30. The van der Waals surface area contributed by atoms with Crippen molar-refractivity contribution < 1.29 is 9.59 Å². The Labute approximate surface area is 167 Å². The summed E-state index contributed by atoms with van der Waals surface area (Å²) in [6, 6.07) is 14.6. The molecule has 4 rings (SSSR count). The highest BCUT2D eigenvalue weighted by Gasteiger charge is 2.36. The molecule has 28 heavy (non-hydrogen) atoms. The molecule has 1 fully saturated rings. The first-order valence-corrected chi connectivity index (χ1v) is 10.1. The molecule has 1 saturated heterocycles. The molecule has 2 amide bonds. The third kappa shape index (κ3) is 3.94. The van der Waals surface area contributed by atoms with Crippen LogP contribution in [-0.4, -0.2) is 34.4 Å². The molecule has 1 aromatic carbocycles. The lowest BCUT2D eigenvalue weighted by atomic mass is 10.2. The summed E-state index contributed by atoms with van der Waals surface area (Å²) in [6.45, 7) is 0.484. The van der Waals surface area contributed by atoms with E-state index < -0.39 is 6.04 Å². The van der Waals surface area contributed by atoms with Gasteiger partial charge in [-0.15, -0.1) is 11.3 Å². The number of rotatable bonds is 6. The number of aromatic nitrogens is 2. The Morgan fingerprint density at radius 2 is 2.00 bits per heavy atom. The molecule has 0 spiro atoms. The van der Waals surface area contributed by atoms with Crippen LogP contribution in [0, 0.1) is 0 Å². The highest BCUT2D eigenvalue weighted by atomic mass is 32.1. The van der Waals surface area contributed by atoms with Gasteiger partial charge in [0.15, 0.2) is 0 Å². The monoisotopic (exact) mass is 392 g/mol. The Hall–Kier alpha value is -3.06. The molecule has 1 N–H and O–H groups in total. The first-order chi connectivity index (χ1) is 13.7. The number of hydrogen-bond donors (Lipinski definition) is 1. The van der Waals surface area contributed by atoms with Gasteiger partial charge in [0.05, 0.1) is 11.4 Å². The number of benzene rings is 1. The van der Waals surface area contributed by atoms with E-state index in [0.29, 0.717) is 25.8 Å². The molecule has 3 aromatic rings. The molecule has 142 valence electrons. The Kier molecular flexibility index (Phi) is 5.43. The minimum atomic E-state index is -0.450. The van der Waals surface area contributed by atoms with Crippen LogP contribution in [0.25, 0.3) is 10.7 Å². The number of carbonyl (C=O) groups excluding carboxylic acids is 2. The molecule has 1 aliphatic rings. The number of nitrogens with zero attached hydrogens (tertiary/aromatic N) is 3. The normalized spacial score (nSPS) is 16.4. The van der Waals surface area contributed by atoms with Gasteiger partial charge in [-0.25, -0.2) is 4.98 Å². The molecular weight excluding hydrogens is 372 g/mol. The summed E-state index contributed by atoms with van der Waals surface area (Å²) in [6.07, 6.45) is 3.33. The first-order valence-electron chi connectivity index (χ1n) is 9.23. The van der Waals surface area contributed by atoms with Crippen molar-refractivity contribution in [1.82, 2.24) is 15.3 Å². The minimum absolute atomic E-state index is 0.00847. The van der Waals surface area contributed by atoms with E-state index in [1.54, 1.807) is 22.4 Å². The van der Waals surface area contributed by atoms with Crippen molar-refractivity contribution >= 4 is 28.8 Å². The Morgan fingerprint density at radius 3 is 2.79 bits per heavy atom. The van der Waals surface area contributed by atoms with E-state index in [1.807, 2.05) is 53.9 Å². The zero-order chi connectivity index (χ0) is 19.3. The summed E-state index contributed by atoms with van der Waals surface area (Å²) in [4.78, 5) is 35.4. The maximum absolute atomic E-state index is 12.7. The lowest BCUT2D eigenvalue weighted by Crippen LogP contribution is -2.45. The number of para-hydroxylation sites is 1. The van der Waals surface area contributed by atoms with Crippen molar-refractivity contribution in [2.45, 2.75) is 25.3 Å². The number of carbonyl (C=O) groups is 2. The largest absolute Gasteiger partial charge is 0.354 e. The van der Waals surface area contributed by atoms with Crippen molar-refractivity contribution in [3.8, 4) is 10.7 Å². The van der Waals surface area contributed by atoms with E-state index >= 15 is 0 Å². The maximum atomic E-state index is 12.7. The van der Waals surface area contributed by atoms with E-state index in [4.69, 9.17) is 0 Å².